The standard InChI is InChI=1S/C42H42N8O4/c1-23-17-32(23)49-39(51)28-19-34(48-35(21-28)41(53)45-3)31(14-16-44)26-11-8-12-27(18-26)37-24(2)38(37)50-40(52)29-20-33(47-36(22-29)42(54)46-4)30(13-15-43)25-9-6-5-7-10-25/h5-12,18-24,30-32,37-38H,13-14,17H2,1-4H3,(H,45,53)(H,46,54)(H,49,51)(H,50,52)/t23-,24-,30-,31+,32-,37?,38+/m0/s1. The van der Waals surface area contributed by atoms with E-state index in [1.54, 1.807) is 12.1 Å². The van der Waals surface area contributed by atoms with Crippen LogP contribution in [0.5, 0.6) is 0 Å². The molecule has 54 heavy (non-hydrogen) atoms. The predicted molar refractivity (Wildman–Crippen MR) is 200 cm³/mol. The van der Waals surface area contributed by atoms with Gasteiger partial charge in [-0.3, -0.25) is 19.2 Å². The molecule has 7 atom stereocenters. The van der Waals surface area contributed by atoms with E-state index in [2.05, 4.69) is 50.3 Å². The van der Waals surface area contributed by atoms with E-state index in [0.717, 1.165) is 23.1 Å². The molecule has 2 aromatic heterocycles. The Labute approximate surface area is 314 Å². The number of benzene rings is 2. The van der Waals surface area contributed by atoms with E-state index in [9.17, 15) is 29.7 Å². The van der Waals surface area contributed by atoms with Gasteiger partial charge in [0.05, 0.1) is 23.5 Å². The smallest absolute Gasteiger partial charge is 0.269 e. The molecule has 2 aromatic carbocycles. The number of nitriles is 2. The predicted octanol–water partition coefficient (Wildman–Crippen LogP) is 4.96. The third-order valence-electron chi connectivity index (χ3n) is 10.4. The molecular formula is C42H42N8O4. The monoisotopic (exact) mass is 722 g/mol. The molecule has 2 saturated carbocycles. The van der Waals surface area contributed by atoms with Crippen LogP contribution in [0.2, 0.25) is 0 Å². The second-order valence-corrected chi connectivity index (χ2v) is 14.1. The lowest BCUT2D eigenvalue weighted by atomic mass is 9.89. The molecule has 0 saturated heterocycles. The quantitative estimate of drug-likeness (QED) is 0.149. The first-order valence-corrected chi connectivity index (χ1v) is 18.0. The number of aromatic nitrogens is 2. The van der Waals surface area contributed by atoms with E-state index >= 15 is 0 Å². The lowest BCUT2D eigenvalue weighted by Gasteiger charge is -2.18. The molecule has 0 aliphatic heterocycles. The molecule has 12 heteroatoms. The summed E-state index contributed by atoms with van der Waals surface area (Å²) in [5.41, 5.74) is 4.20. The number of carbonyl (C=O) groups is 4. The summed E-state index contributed by atoms with van der Waals surface area (Å²) in [6.45, 7) is 4.10. The number of hydrogen-bond acceptors (Lipinski definition) is 8. The van der Waals surface area contributed by atoms with Crippen molar-refractivity contribution in [3.05, 3.63) is 129 Å². The first-order chi connectivity index (χ1) is 26.1. The van der Waals surface area contributed by atoms with Crippen LogP contribution in [0.15, 0.2) is 78.9 Å². The number of carbonyl (C=O) groups excluding carboxylic acids is 4. The number of hydrogen-bond donors (Lipinski definition) is 4. The van der Waals surface area contributed by atoms with Gasteiger partial charge in [0.25, 0.3) is 23.6 Å². The van der Waals surface area contributed by atoms with Crippen molar-refractivity contribution in [2.45, 2.75) is 62.9 Å². The van der Waals surface area contributed by atoms with E-state index in [-0.39, 0.29) is 65.5 Å². The second-order valence-electron chi connectivity index (χ2n) is 14.1. The molecule has 6 rings (SSSR count). The van der Waals surface area contributed by atoms with Gasteiger partial charge in [0.2, 0.25) is 0 Å². The molecule has 4 amide bonds. The molecule has 2 heterocycles. The zero-order chi connectivity index (χ0) is 38.5. The van der Waals surface area contributed by atoms with Crippen LogP contribution in [-0.4, -0.2) is 59.8 Å². The largest absolute Gasteiger partial charge is 0.354 e. The SMILES string of the molecule is CNC(=O)c1cc(C(=O)N[C@H]2C[C@@H]2C)cc([C@H](CC#N)c2cccc(C3[C@H](C)[C@H]3NC(=O)c3cc(C(=O)NC)nc([C@@H](CC#N)c4ccccc4)c3)c2)n1. The second kappa shape index (κ2) is 16.1. The van der Waals surface area contributed by atoms with E-state index in [1.807, 2.05) is 61.5 Å². The van der Waals surface area contributed by atoms with Crippen LogP contribution in [-0.2, 0) is 0 Å². The Morgan fingerprint density at radius 2 is 1.22 bits per heavy atom. The van der Waals surface area contributed by atoms with Crippen molar-refractivity contribution in [2.24, 2.45) is 11.8 Å². The van der Waals surface area contributed by atoms with E-state index in [1.165, 1.54) is 26.2 Å². The Kier molecular flexibility index (Phi) is 11.1. The molecule has 0 radical (unpaired) electrons. The summed E-state index contributed by atoms with van der Waals surface area (Å²) >= 11 is 0. The number of amides is 4. The minimum Gasteiger partial charge on any atom is -0.354 e. The zero-order valence-corrected chi connectivity index (χ0v) is 30.6. The highest BCUT2D eigenvalue weighted by Crippen LogP contribution is 2.48. The summed E-state index contributed by atoms with van der Waals surface area (Å²) in [4.78, 5) is 61.7. The van der Waals surface area contributed by atoms with E-state index in [4.69, 9.17) is 0 Å². The number of nitrogens with zero attached hydrogens (tertiary/aromatic N) is 4. The lowest BCUT2D eigenvalue weighted by Crippen LogP contribution is -2.29. The molecular weight excluding hydrogens is 681 g/mol. The first-order valence-electron chi connectivity index (χ1n) is 18.0. The fourth-order valence-corrected chi connectivity index (χ4v) is 7.05. The van der Waals surface area contributed by atoms with Gasteiger partial charge in [-0.25, -0.2) is 9.97 Å². The lowest BCUT2D eigenvalue weighted by molar-refractivity contribution is 0.0935. The molecule has 4 aromatic rings. The molecule has 2 fully saturated rings. The van der Waals surface area contributed by atoms with Gasteiger partial charge in [-0.1, -0.05) is 68.4 Å². The van der Waals surface area contributed by atoms with Crippen LogP contribution >= 0.6 is 0 Å². The van der Waals surface area contributed by atoms with Gasteiger partial charge >= 0.3 is 0 Å². The average Bonchev–Trinajstić information content (AvgIpc) is 4.08. The van der Waals surface area contributed by atoms with Crippen molar-refractivity contribution >= 4 is 23.6 Å². The van der Waals surface area contributed by atoms with Crippen LogP contribution < -0.4 is 21.3 Å². The Bertz CT molecular complexity index is 2170. The van der Waals surface area contributed by atoms with Gasteiger partial charge in [-0.05, 0) is 59.2 Å². The Hall–Kier alpha value is -6.40. The molecule has 0 bridgehead atoms. The third kappa shape index (κ3) is 8.13. The summed E-state index contributed by atoms with van der Waals surface area (Å²) in [5.74, 6) is -2.10. The molecule has 4 N–H and O–H groups in total. The highest BCUT2D eigenvalue weighted by molar-refractivity contribution is 6.00. The van der Waals surface area contributed by atoms with Gasteiger partial charge in [0.1, 0.15) is 11.4 Å². The van der Waals surface area contributed by atoms with Crippen molar-refractivity contribution in [2.75, 3.05) is 14.1 Å². The highest BCUT2D eigenvalue weighted by atomic mass is 16.2. The Balaban J connectivity index is 1.26. The van der Waals surface area contributed by atoms with Crippen molar-refractivity contribution < 1.29 is 19.2 Å². The summed E-state index contributed by atoms with van der Waals surface area (Å²) < 4.78 is 0. The number of pyridine rings is 2. The van der Waals surface area contributed by atoms with Gasteiger partial charge in [0.15, 0.2) is 0 Å². The maximum Gasteiger partial charge on any atom is 0.269 e. The van der Waals surface area contributed by atoms with Crippen LogP contribution in [0, 0.1) is 34.5 Å². The molecule has 2 aliphatic carbocycles. The summed E-state index contributed by atoms with van der Waals surface area (Å²) in [5, 5.41) is 30.8. The average molecular weight is 723 g/mol. The molecule has 12 nitrogen and oxygen atoms in total. The zero-order valence-electron chi connectivity index (χ0n) is 30.6. The van der Waals surface area contributed by atoms with E-state index < -0.39 is 23.7 Å². The Morgan fingerprint density at radius 1 is 0.704 bits per heavy atom. The normalized spacial score (nSPS) is 20.6. The maximum absolute atomic E-state index is 13.8. The maximum atomic E-state index is 13.8. The number of rotatable bonds is 13. The fourth-order valence-electron chi connectivity index (χ4n) is 7.05. The minimum absolute atomic E-state index is 0.0426. The topological polar surface area (TPSA) is 190 Å². The Morgan fingerprint density at radius 3 is 1.74 bits per heavy atom. The summed E-state index contributed by atoms with van der Waals surface area (Å²) in [7, 11) is 2.99. The van der Waals surface area contributed by atoms with Crippen molar-refractivity contribution in [1.82, 2.24) is 31.2 Å². The molecule has 1 unspecified atom stereocenters. The fraction of sp³-hybridized carbons (Fsp3) is 0.333. The van der Waals surface area contributed by atoms with Crippen LogP contribution in [0.4, 0.5) is 0 Å². The summed E-state index contributed by atoms with van der Waals surface area (Å²) in [6.07, 6.45) is 1.07. The summed E-state index contributed by atoms with van der Waals surface area (Å²) in [6, 6.07) is 27.7. The van der Waals surface area contributed by atoms with Crippen molar-refractivity contribution in [3.8, 4) is 12.1 Å². The van der Waals surface area contributed by atoms with Crippen LogP contribution in [0.3, 0.4) is 0 Å². The molecule has 274 valence electrons. The van der Waals surface area contributed by atoms with Gasteiger partial charge in [0, 0.05) is 67.9 Å². The van der Waals surface area contributed by atoms with Crippen LogP contribution in [0.25, 0.3) is 0 Å². The highest BCUT2D eigenvalue weighted by Gasteiger charge is 2.49. The van der Waals surface area contributed by atoms with E-state index in [0.29, 0.717) is 22.9 Å². The third-order valence-corrected chi connectivity index (χ3v) is 10.4. The van der Waals surface area contributed by atoms with Crippen LogP contribution in [0.1, 0.15) is 121 Å². The first kappa shape index (κ1) is 37.4. The van der Waals surface area contributed by atoms with Crippen molar-refractivity contribution in [1.29, 1.82) is 10.5 Å². The minimum atomic E-state index is -0.530. The number of nitrogens with one attached hydrogen (secondary N) is 4. The molecule has 0 spiro atoms. The van der Waals surface area contributed by atoms with Crippen molar-refractivity contribution in [3.63, 3.8) is 0 Å². The van der Waals surface area contributed by atoms with Gasteiger partial charge < -0.3 is 21.3 Å². The molecule has 2 aliphatic rings. The van der Waals surface area contributed by atoms with Gasteiger partial charge in [-0.2, -0.15) is 10.5 Å². The van der Waals surface area contributed by atoms with Gasteiger partial charge in [-0.15, -0.1) is 0 Å².